The zero-order valence-electron chi connectivity index (χ0n) is 21.0. The Bertz CT molecular complexity index is 1150. The monoisotopic (exact) mass is 480 g/mol. The summed E-state index contributed by atoms with van der Waals surface area (Å²) in [6.45, 7) is 6.16. The van der Waals surface area contributed by atoms with E-state index >= 15 is 0 Å². The van der Waals surface area contributed by atoms with E-state index in [0.717, 1.165) is 5.56 Å². The molecule has 2 aromatic carbocycles. The number of aliphatic hydroxyl groups excluding tert-OH is 1. The van der Waals surface area contributed by atoms with Crippen molar-refractivity contribution < 1.29 is 29.0 Å². The van der Waals surface area contributed by atoms with Gasteiger partial charge in [-0.05, 0) is 61.5 Å². The molecule has 1 aliphatic heterocycles. The molecule has 1 saturated heterocycles. The lowest BCUT2D eigenvalue weighted by molar-refractivity contribution is -0.140. The first kappa shape index (κ1) is 26.0. The van der Waals surface area contributed by atoms with Gasteiger partial charge in [0.2, 0.25) is 0 Å². The maximum absolute atomic E-state index is 13.2. The minimum absolute atomic E-state index is 0.0221. The molecule has 8 heteroatoms. The van der Waals surface area contributed by atoms with Gasteiger partial charge in [-0.1, -0.05) is 26.0 Å². The van der Waals surface area contributed by atoms with Crippen molar-refractivity contribution in [1.82, 2.24) is 9.80 Å². The van der Waals surface area contributed by atoms with Gasteiger partial charge in [0, 0.05) is 25.6 Å². The molecule has 35 heavy (non-hydrogen) atoms. The quantitative estimate of drug-likeness (QED) is 0.202. The number of carbonyl (C=O) groups is 3. The molecule has 0 bridgehead atoms. The first-order chi connectivity index (χ1) is 16.5. The van der Waals surface area contributed by atoms with E-state index in [1.165, 1.54) is 11.8 Å². The summed E-state index contributed by atoms with van der Waals surface area (Å²) in [5.74, 6) is -0.949. The van der Waals surface area contributed by atoms with Crippen molar-refractivity contribution in [1.29, 1.82) is 0 Å². The topological polar surface area (TPSA) is 96.4 Å². The van der Waals surface area contributed by atoms with Gasteiger partial charge >= 0.3 is 5.97 Å². The van der Waals surface area contributed by atoms with Crippen LogP contribution in [0.25, 0.3) is 5.76 Å². The van der Waals surface area contributed by atoms with Crippen molar-refractivity contribution in [3.8, 4) is 11.5 Å². The number of carbonyl (C=O) groups excluding carboxylic acids is 3. The summed E-state index contributed by atoms with van der Waals surface area (Å²) in [6, 6.07) is 11.0. The molecule has 186 valence electrons. The van der Waals surface area contributed by atoms with Crippen molar-refractivity contribution in [3.05, 3.63) is 64.7 Å². The van der Waals surface area contributed by atoms with Crippen LogP contribution in [0.15, 0.2) is 48.0 Å². The molecule has 1 fully saturated rings. The number of hydrogen-bond acceptors (Lipinski definition) is 7. The molecule has 1 aliphatic rings. The minimum atomic E-state index is -0.786. The Balaban J connectivity index is 2.15. The summed E-state index contributed by atoms with van der Waals surface area (Å²) in [5.41, 5.74) is 1.95. The molecule has 1 amide bonds. The Hall–Kier alpha value is -3.65. The van der Waals surface area contributed by atoms with E-state index in [1.54, 1.807) is 49.6 Å². The van der Waals surface area contributed by atoms with E-state index in [9.17, 15) is 19.5 Å². The lowest BCUT2D eigenvalue weighted by atomic mass is 9.93. The first-order valence-electron chi connectivity index (χ1n) is 11.4. The second kappa shape index (κ2) is 10.7. The number of hydrogen-bond donors (Lipinski definition) is 1. The number of methoxy groups -OCH3 is 1. The van der Waals surface area contributed by atoms with Gasteiger partial charge in [0.25, 0.3) is 11.7 Å². The van der Waals surface area contributed by atoms with Gasteiger partial charge in [0.05, 0.1) is 18.7 Å². The molecule has 0 aliphatic carbocycles. The van der Waals surface area contributed by atoms with E-state index < -0.39 is 23.7 Å². The van der Waals surface area contributed by atoms with Gasteiger partial charge in [0.1, 0.15) is 17.3 Å². The van der Waals surface area contributed by atoms with E-state index in [0.29, 0.717) is 35.7 Å². The highest BCUT2D eigenvalue weighted by atomic mass is 16.5. The van der Waals surface area contributed by atoms with Crippen LogP contribution in [0.5, 0.6) is 11.5 Å². The number of nitrogens with zero attached hydrogens (tertiary/aromatic N) is 2. The Morgan fingerprint density at radius 2 is 1.77 bits per heavy atom. The molecule has 1 N–H and O–H groups in total. The minimum Gasteiger partial charge on any atom is -0.507 e. The molecular formula is C27H32N2O6. The number of aliphatic hydroxyl groups is 1. The Morgan fingerprint density at radius 3 is 2.31 bits per heavy atom. The predicted octanol–water partition coefficient (Wildman–Crippen LogP) is 3.73. The summed E-state index contributed by atoms with van der Waals surface area (Å²) in [7, 11) is 5.34. The third-order valence-corrected chi connectivity index (χ3v) is 5.91. The number of likely N-dealkylation sites (tertiary alicyclic amines) is 1. The van der Waals surface area contributed by atoms with Crippen LogP contribution in [0.1, 0.15) is 49.4 Å². The Morgan fingerprint density at radius 1 is 1.11 bits per heavy atom. The number of amides is 1. The first-order valence-corrected chi connectivity index (χ1v) is 11.4. The van der Waals surface area contributed by atoms with Crippen LogP contribution in [-0.2, 0) is 14.4 Å². The van der Waals surface area contributed by atoms with Crippen molar-refractivity contribution >= 4 is 23.4 Å². The average Bonchev–Trinajstić information content (AvgIpc) is 3.06. The fourth-order valence-corrected chi connectivity index (χ4v) is 4.14. The van der Waals surface area contributed by atoms with Gasteiger partial charge in [0.15, 0.2) is 0 Å². The second-order valence-corrected chi connectivity index (χ2v) is 9.07. The number of Topliss-reactive ketones (excluding diaryl/α,β-unsaturated/α-hetero) is 1. The summed E-state index contributed by atoms with van der Waals surface area (Å²) < 4.78 is 10.6. The van der Waals surface area contributed by atoms with E-state index in [-0.39, 0.29) is 17.3 Å². The van der Waals surface area contributed by atoms with Crippen LogP contribution < -0.4 is 9.47 Å². The molecule has 0 aromatic heterocycles. The predicted molar refractivity (Wildman–Crippen MR) is 132 cm³/mol. The lowest BCUT2D eigenvalue weighted by Crippen LogP contribution is -2.35. The number of ether oxygens (including phenoxy) is 2. The van der Waals surface area contributed by atoms with Gasteiger partial charge in [-0.25, -0.2) is 0 Å². The Labute approximate surface area is 205 Å². The van der Waals surface area contributed by atoms with Crippen LogP contribution >= 0.6 is 0 Å². The standard InChI is InChI=1S/C27H32N2O6/c1-16(2)21-15-19(9-12-22(21)34-6)25(31)23-24(18-7-10-20(11-8-18)35-17(3)30)29(14-13-28(4)5)27(33)26(23)32/h7-12,15-16,24,31H,13-14H2,1-6H3/b25-23-. The largest absolute Gasteiger partial charge is 0.507 e. The number of likely N-dealkylation sites (N-methyl/N-ethyl adjacent to an activating group) is 1. The van der Waals surface area contributed by atoms with E-state index in [2.05, 4.69) is 0 Å². The molecule has 8 nitrogen and oxygen atoms in total. The molecule has 1 heterocycles. The second-order valence-electron chi connectivity index (χ2n) is 9.07. The fraction of sp³-hybridized carbons (Fsp3) is 0.370. The average molecular weight is 481 g/mol. The van der Waals surface area contributed by atoms with Crippen molar-refractivity contribution in [2.45, 2.75) is 32.7 Å². The van der Waals surface area contributed by atoms with Crippen LogP contribution in [0.2, 0.25) is 0 Å². The molecule has 0 saturated carbocycles. The molecule has 0 spiro atoms. The highest BCUT2D eigenvalue weighted by molar-refractivity contribution is 6.46. The summed E-state index contributed by atoms with van der Waals surface area (Å²) >= 11 is 0. The van der Waals surface area contributed by atoms with Crippen LogP contribution in [0.4, 0.5) is 0 Å². The SMILES string of the molecule is COc1ccc(/C(O)=C2/C(=O)C(=O)N(CCN(C)C)C2c2ccc(OC(C)=O)cc2)cc1C(C)C. The third kappa shape index (κ3) is 5.54. The van der Waals surface area contributed by atoms with E-state index in [4.69, 9.17) is 9.47 Å². The summed E-state index contributed by atoms with van der Waals surface area (Å²) in [5, 5.41) is 11.3. The van der Waals surface area contributed by atoms with Gasteiger partial charge in [-0.3, -0.25) is 14.4 Å². The molecule has 1 atom stereocenters. The zero-order valence-corrected chi connectivity index (χ0v) is 21.0. The maximum Gasteiger partial charge on any atom is 0.308 e. The van der Waals surface area contributed by atoms with Gasteiger partial charge in [-0.2, -0.15) is 0 Å². The summed E-state index contributed by atoms with van der Waals surface area (Å²) in [6.07, 6.45) is 0. The highest BCUT2D eigenvalue weighted by Gasteiger charge is 2.46. The smallest absolute Gasteiger partial charge is 0.308 e. The van der Waals surface area contributed by atoms with Crippen molar-refractivity contribution in [3.63, 3.8) is 0 Å². The summed E-state index contributed by atoms with van der Waals surface area (Å²) in [4.78, 5) is 40.9. The highest BCUT2D eigenvalue weighted by Crippen LogP contribution is 2.40. The van der Waals surface area contributed by atoms with Gasteiger partial charge in [-0.15, -0.1) is 0 Å². The zero-order chi connectivity index (χ0) is 25.9. The number of ketones is 1. The van der Waals surface area contributed by atoms with Crippen molar-refractivity contribution in [2.24, 2.45) is 0 Å². The molecule has 0 radical (unpaired) electrons. The van der Waals surface area contributed by atoms with Gasteiger partial charge < -0.3 is 24.4 Å². The maximum atomic E-state index is 13.2. The van der Waals surface area contributed by atoms with E-state index in [1.807, 2.05) is 32.8 Å². The van der Waals surface area contributed by atoms with Crippen molar-refractivity contribution in [2.75, 3.05) is 34.3 Å². The number of benzene rings is 2. The molecule has 1 unspecified atom stereocenters. The van der Waals surface area contributed by atoms with Crippen LogP contribution in [0.3, 0.4) is 0 Å². The number of rotatable bonds is 8. The van der Waals surface area contributed by atoms with Crippen LogP contribution in [-0.4, -0.2) is 66.9 Å². The molecular weight excluding hydrogens is 448 g/mol. The number of esters is 1. The third-order valence-electron chi connectivity index (χ3n) is 5.91. The lowest BCUT2D eigenvalue weighted by Gasteiger charge is -2.26. The fourth-order valence-electron chi connectivity index (χ4n) is 4.14. The Kier molecular flexibility index (Phi) is 7.96. The molecule has 3 rings (SSSR count). The van der Waals surface area contributed by atoms with Crippen LogP contribution in [0, 0.1) is 0 Å². The molecule has 2 aromatic rings. The normalized spacial score (nSPS) is 17.4.